The van der Waals surface area contributed by atoms with E-state index in [0.717, 1.165) is 51.6 Å². The Balaban J connectivity index is 1.17. The molecule has 0 saturated carbocycles. The second-order valence-electron chi connectivity index (χ2n) is 7.33. The van der Waals surface area contributed by atoms with Gasteiger partial charge in [-0.1, -0.05) is 0 Å². The molecule has 7 heteroatoms. The fourth-order valence-electron chi connectivity index (χ4n) is 4.08. The number of fused-ring (bicyclic) bond motifs is 1. The first-order valence-electron chi connectivity index (χ1n) is 9.80. The molecule has 2 aromatic rings. The van der Waals surface area contributed by atoms with Crippen molar-refractivity contribution in [3.05, 3.63) is 35.9 Å². The van der Waals surface area contributed by atoms with Gasteiger partial charge in [-0.15, -0.1) is 0 Å². The summed E-state index contributed by atoms with van der Waals surface area (Å²) in [5.41, 5.74) is 2.70. The zero-order chi connectivity index (χ0) is 17.8. The van der Waals surface area contributed by atoms with Crippen LogP contribution in [0.5, 0.6) is 0 Å². The number of rotatable bonds is 6. The van der Waals surface area contributed by atoms with E-state index in [4.69, 9.17) is 0 Å². The monoisotopic (exact) mass is 355 g/mol. The summed E-state index contributed by atoms with van der Waals surface area (Å²) in [5.74, 6) is 0.860. The minimum atomic E-state index is 0.486. The van der Waals surface area contributed by atoms with E-state index in [1.807, 2.05) is 30.2 Å². The SMILES string of the molecule is Cn1cc2c(n1)CCCC2NCCCN1CCN(c2ncccn2)CC1. The summed E-state index contributed by atoms with van der Waals surface area (Å²) in [7, 11) is 2.02. The molecule has 26 heavy (non-hydrogen) atoms. The molecular formula is C19H29N7. The largest absolute Gasteiger partial charge is 0.338 e. The van der Waals surface area contributed by atoms with Crippen molar-refractivity contribution in [3.63, 3.8) is 0 Å². The molecule has 1 N–H and O–H groups in total. The second-order valence-corrected chi connectivity index (χ2v) is 7.33. The van der Waals surface area contributed by atoms with Crippen LogP contribution in [-0.2, 0) is 13.5 Å². The van der Waals surface area contributed by atoms with Crippen LogP contribution in [0.25, 0.3) is 0 Å². The molecule has 4 rings (SSSR count). The van der Waals surface area contributed by atoms with E-state index in [9.17, 15) is 0 Å². The molecular weight excluding hydrogens is 326 g/mol. The number of hydrogen-bond acceptors (Lipinski definition) is 6. The molecule has 1 fully saturated rings. The van der Waals surface area contributed by atoms with E-state index in [2.05, 4.69) is 36.4 Å². The van der Waals surface area contributed by atoms with Crippen LogP contribution in [0.2, 0.25) is 0 Å². The highest BCUT2D eigenvalue weighted by molar-refractivity contribution is 5.29. The lowest BCUT2D eigenvalue weighted by atomic mass is 9.93. The van der Waals surface area contributed by atoms with E-state index < -0.39 is 0 Å². The van der Waals surface area contributed by atoms with Gasteiger partial charge >= 0.3 is 0 Å². The fourth-order valence-corrected chi connectivity index (χ4v) is 4.08. The third kappa shape index (κ3) is 4.04. The number of aryl methyl sites for hydroxylation is 2. The maximum atomic E-state index is 4.59. The van der Waals surface area contributed by atoms with Crippen LogP contribution in [0.4, 0.5) is 5.95 Å². The summed E-state index contributed by atoms with van der Waals surface area (Å²) in [6.07, 6.45) is 10.6. The lowest BCUT2D eigenvalue weighted by molar-refractivity contribution is 0.251. The van der Waals surface area contributed by atoms with Crippen LogP contribution in [0, 0.1) is 0 Å². The summed E-state index contributed by atoms with van der Waals surface area (Å²) in [6.45, 7) is 6.44. The lowest BCUT2D eigenvalue weighted by Gasteiger charge is -2.34. The number of nitrogens with zero attached hydrogens (tertiary/aromatic N) is 6. The van der Waals surface area contributed by atoms with Crippen molar-refractivity contribution in [2.24, 2.45) is 7.05 Å². The predicted octanol–water partition coefficient (Wildman–Crippen LogP) is 1.39. The van der Waals surface area contributed by atoms with Crippen LogP contribution in [0.15, 0.2) is 24.7 Å². The Bertz CT molecular complexity index is 691. The van der Waals surface area contributed by atoms with E-state index >= 15 is 0 Å². The van der Waals surface area contributed by atoms with Gasteiger partial charge in [0.05, 0.1) is 5.69 Å². The first-order valence-corrected chi connectivity index (χ1v) is 9.80. The third-order valence-electron chi connectivity index (χ3n) is 5.47. The van der Waals surface area contributed by atoms with Crippen LogP contribution < -0.4 is 10.2 Å². The smallest absolute Gasteiger partial charge is 0.225 e. The van der Waals surface area contributed by atoms with E-state index in [1.54, 1.807) is 0 Å². The average molecular weight is 355 g/mol. The van der Waals surface area contributed by atoms with Gasteiger partial charge in [-0.3, -0.25) is 9.58 Å². The van der Waals surface area contributed by atoms with E-state index in [0.29, 0.717) is 6.04 Å². The Morgan fingerprint density at radius 2 is 1.96 bits per heavy atom. The molecule has 0 aromatic carbocycles. The Kier molecular flexibility index (Phi) is 5.45. The van der Waals surface area contributed by atoms with Gasteiger partial charge in [-0.05, 0) is 44.8 Å². The number of anilines is 1. The first kappa shape index (κ1) is 17.4. The van der Waals surface area contributed by atoms with Crippen molar-refractivity contribution >= 4 is 5.95 Å². The second kappa shape index (κ2) is 8.14. The molecule has 3 heterocycles. The van der Waals surface area contributed by atoms with E-state index in [1.165, 1.54) is 30.5 Å². The molecule has 1 aliphatic carbocycles. The molecule has 0 amide bonds. The maximum absolute atomic E-state index is 4.59. The van der Waals surface area contributed by atoms with Gasteiger partial charge in [0, 0.05) is 63.4 Å². The van der Waals surface area contributed by atoms with Gasteiger partial charge in [0.15, 0.2) is 0 Å². The molecule has 0 spiro atoms. The number of hydrogen-bond donors (Lipinski definition) is 1. The normalized spacial score (nSPS) is 21.0. The highest BCUT2D eigenvalue weighted by atomic mass is 15.3. The van der Waals surface area contributed by atoms with Crippen LogP contribution in [0.1, 0.15) is 36.6 Å². The van der Waals surface area contributed by atoms with E-state index in [-0.39, 0.29) is 0 Å². The minimum Gasteiger partial charge on any atom is -0.338 e. The van der Waals surface area contributed by atoms with Crippen molar-refractivity contribution in [1.29, 1.82) is 0 Å². The molecule has 7 nitrogen and oxygen atoms in total. The van der Waals surface area contributed by atoms with Gasteiger partial charge in [-0.25, -0.2) is 9.97 Å². The highest BCUT2D eigenvalue weighted by Gasteiger charge is 2.23. The predicted molar refractivity (Wildman–Crippen MR) is 102 cm³/mol. The van der Waals surface area contributed by atoms with Gasteiger partial charge in [0.1, 0.15) is 0 Å². The highest BCUT2D eigenvalue weighted by Crippen LogP contribution is 2.28. The fraction of sp³-hybridized carbons (Fsp3) is 0.632. The average Bonchev–Trinajstić information content (AvgIpc) is 3.07. The third-order valence-corrected chi connectivity index (χ3v) is 5.47. The van der Waals surface area contributed by atoms with Crippen molar-refractivity contribution < 1.29 is 0 Å². The van der Waals surface area contributed by atoms with Crippen molar-refractivity contribution in [2.45, 2.75) is 31.7 Å². The number of nitrogens with one attached hydrogen (secondary N) is 1. The first-order chi connectivity index (χ1) is 12.8. The maximum Gasteiger partial charge on any atom is 0.225 e. The van der Waals surface area contributed by atoms with Gasteiger partial charge < -0.3 is 10.2 Å². The summed E-state index contributed by atoms with van der Waals surface area (Å²) < 4.78 is 1.96. The van der Waals surface area contributed by atoms with Crippen LogP contribution >= 0.6 is 0 Å². The number of aromatic nitrogens is 4. The molecule has 1 aliphatic heterocycles. The zero-order valence-corrected chi connectivity index (χ0v) is 15.6. The Labute approximate surface area is 155 Å². The number of piperazine rings is 1. The molecule has 2 aromatic heterocycles. The summed E-state index contributed by atoms with van der Waals surface area (Å²) in [6, 6.07) is 2.35. The van der Waals surface area contributed by atoms with Gasteiger partial charge in [-0.2, -0.15) is 5.10 Å². The van der Waals surface area contributed by atoms with Crippen molar-refractivity contribution in [3.8, 4) is 0 Å². The molecule has 1 unspecified atom stereocenters. The Morgan fingerprint density at radius 1 is 1.15 bits per heavy atom. The zero-order valence-electron chi connectivity index (χ0n) is 15.6. The minimum absolute atomic E-state index is 0.486. The Morgan fingerprint density at radius 3 is 2.77 bits per heavy atom. The van der Waals surface area contributed by atoms with Crippen LogP contribution in [-0.4, -0.2) is 63.9 Å². The van der Waals surface area contributed by atoms with Crippen molar-refractivity contribution in [2.75, 3.05) is 44.2 Å². The van der Waals surface area contributed by atoms with Gasteiger partial charge in [0.25, 0.3) is 0 Å². The van der Waals surface area contributed by atoms with Crippen LogP contribution in [0.3, 0.4) is 0 Å². The topological polar surface area (TPSA) is 62.1 Å². The quantitative estimate of drug-likeness (QED) is 0.790. The Hall–Kier alpha value is -1.99. The molecule has 140 valence electrons. The molecule has 0 bridgehead atoms. The van der Waals surface area contributed by atoms with Crippen molar-refractivity contribution in [1.82, 2.24) is 30.0 Å². The summed E-state index contributed by atoms with van der Waals surface area (Å²) >= 11 is 0. The standard InChI is InChI=1S/C19H29N7/c1-24-15-16-17(5-2-6-18(16)23-24)20-9-4-10-25-11-13-26(14-12-25)19-21-7-3-8-22-19/h3,7-8,15,17,20H,2,4-6,9-14H2,1H3. The van der Waals surface area contributed by atoms with Gasteiger partial charge in [0.2, 0.25) is 5.95 Å². The lowest BCUT2D eigenvalue weighted by Crippen LogP contribution is -2.47. The molecule has 1 atom stereocenters. The summed E-state index contributed by atoms with van der Waals surface area (Å²) in [5, 5.41) is 8.34. The molecule has 2 aliphatic rings. The molecule has 1 saturated heterocycles. The molecule has 0 radical (unpaired) electrons. The summed E-state index contributed by atoms with van der Waals surface area (Å²) in [4.78, 5) is 13.5.